The van der Waals surface area contributed by atoms with Gasteiger partial charge in [-0.05, 0) is 59.6 Å². The third kappa shape index (κ3) is 9.74. The Balaban J connectivity index is 2.56. The number of methoxy groups -OCH3 is 1. The standard InChI is InChI=1S/C30H41N3O6/c1-19(2)33(26(27(35)31-18-25(34)38-8)23-15-20(3)14-21(4)16-23)28(36)24(17-22-12-10-9-11-13-22)32-29(37)39-30(5,6)7/h9-16,19,24,26H,17-18H2,1-8H3,(H,31,35)(H,32,37). The molecule has 39 heavy (non-hydrogen) atoms. The monoisotopic (exact) mass is 539 g/mol. The van der Waals surface area contributed by atoms with Crippen molar-refractivity contribution in [2.45, 2.75) is 78.6 Å². The average molecular weight is 540 g/mol. The predicted molar refractivity (Wildman–Crippen MR) is 149 cm³/mol. The van der Waals surface area contributed by atoms with Crippen molar-refractivity contribution in [3.8, 4) is 0 Å². The van der Waals surface area contributed by atoms with Crippen molar-refractivity contribution in [2.75, 3.05) is 13.7 Å². The van der Waals surface area contributed by atoms with E-state index in [0.717, 1.165) is 16.7 Å². The summed E-state index contributed by atoms with van der Waals surface area (Å²) in [4.78, 5) is 53.9. The van der Waals surface area contributed by atoms with Gasteiger partial charge in [0.1, 0.15) is 24.2 Å². The molecule has 0 radical (unpaired) electrons. The molecule has 2 N–H and O–H groups in total. The highest BCUT2D eigenvalue weighted by Gasteiger charge is 2.38. The number of ether oxygens (including phenoxy) is 2. The number of esters is 1. The first-order valence-electron chi connectivity index (χ1n) is 13.0. The zero-order valence-electron chi connectivity index (χ0n) is 24.2. The quantitative estimate of drug-likeness (QED) is 0.441. The minimum absolute atomic E-state index is 0.186. The molecule has 2 atom stereocenters. The number of nitrogens with one attached hydrogen (secondary N) is 2. The molecular formula is C30H41N3O6. The molecule has 0 fully saturated rings. The van der Waals surface area contributed by atoms with Crippen molar-refractivity contribution >= 4 is 23.9 Å². The maximum Gasteiger partial charge on any atom is 0.408 e. The van der Waals surface area contributed by atoms with E-state index in [9.17, 15) is 19.2 Å². The van der Waals surface area contributed by atoms with Crippen LogP contribution in [0.1, 0.15) is 62.9 Å². The number of hydrogen-bond acceptors (Lipinski definition) is 6. The topological polar surface area (TPSA) is 114 Å². The van der Waals surface area contributed by atoms with Crippen LogP contribution in [0.15, 0.2) is 48.5 Å². The molecule has 2 aromatic carbocycles. The van der Waals surface area contributed by atoms with Crippen LogP contribution < -0.4 is 10.6 Å². The Morgan fingerprint density at radius 1 is 0.949 bits per heavy atom. The number of rotatable bonds is 10. The molecule has 0 aliphatic heterocycles. The van der Waals surface area contributed by atoms with Gasteiger partial charge in [-0.3, -0.25) is 14.4 Å². The summed E-state index contributed by atoms with van der Waals surface area (Å²) in [5, 5.41) is 5.33. The number of alkyl carbamates (subject to hydrolysis) is 1. The van der Waals surface area contributed by atoms with Crippen LogP contribution in [0.3, 0.4) is 0 Å². The maximum atomic E-state index is 14.3. The van der Waals surface area contributed by atoms with Gasteiger partial charge in [-0.15, -0.1) is 0 Å². The normalized spacial score (nSPS) is 12.7. The molecule has 2 aromatic rings. The SMILES string of the molecule is COC(=O)CNC(=O)C(c1cc(C)cc(C)c1)N(C(=O)C(Cc1ccccc1)NC(=O)OC(C)(C)C)C(C)C. The average Bonchev–Trinajstić information content (AvgIpc) is 2.83. The lowest BCUT2D eigenvalue weighted by atomic mass is 9.96. The number of aryl methyl sites for hydroxylation is 2. The number of carbonyl (C=O) groups is 4. The number of amides is 3. The van der Waals surface area contributed by atoms with E-state index in [2.05, 4.69) is 15.4 Å². The summed E-state index contributed by atoms with van der Waals surface area (Å²) < 4.78 is 10.1. The van der Waals surface area contributed by atoms with Gasteiger partial charge in [0, 0.05) is 12.5 Å². The van der Waals surface area contributed by atoms with Gasteiger partial charge in [-0.1, -0.05) is 59.7 Å². The molecule has 0 saturated carbocycles. The fourth-order valence-corrected chi connectivity index (χ4v) is 4.29. The molecule has 0 aliphatic rings. The van der Waals surface area contributed by atoms with E-state index in [1.165, 1.54) is 12.0 Å². The minimum atomic E-state index is -1.07. The van der Waals surface area contributed by atoms with Crippen molar-refractivity contribution in [3.05, 3.63) is 70.8 Å². The van der Waals surface area contributed by atoms with Gasteiger partial charge >= 0.3 is 12.1 Å². The van der Waals surface area contributed by atoms with Crippen LogP contribution in [0, 0.1) is 13.8 Å². The smallest absolute Gasteiger partial charge is 0.408 e. The second kappa shape index (κ2) is 13.8. The Morgan fingerprint density at radius 3 is 2.05 bits per heavy atom. The molecule has 212 valence electrons. The summed E-state index contributed by atoms with van der Waals surface area (Å²) in [6, 6.07) is 12.4. The summed E-state index contributed by atoms with van der Waals surface area (Å²) >= 11 is 0. The zero-order valence-corrected chi connectivity index (χ0v) is 24.2. The summed E-state index contributed by atoms with van der Waals surface area (Å²) in [7, 11) is 1.23. The lowest BCUT2D eigenvalue weighted by Crippen LogP contribution is -2.56. The molecule has 2 rings (SSSR count). The number of benzene rings is 2. The van der Waals surface area contributed by atoms with Crippen molar-refractivity contribution in [2.24, 2.45) is 0 Å². The molecule has 0 spiro atoms. The highest BCUT2D eigenvalue weighted by molar-refractivity contribution is 5.93. The van der Waals surface area contributed by atoms with E-state index in [4.69, 9.17) is 4.74 Å². The highest BCUT2D eigenvalue weighted by Crippen LogP contribution is 2.27. The molecule has 9 nitrogen and oxygen atoms in total. The molecular weight excluding hydrogens is 498 g/mol. The largest absolute Gasteiger partial charge is 0.468 e. The van der Waals surface area contributed by atoms with Crippen LogP contribution in [0.25, 0.3) is 0 Å². The van der Waals surface area contributed by atoms with Crippen LogP contribution in [0.4, 0.5) is 4.79 Å². The summed E-state index contributed by atoms with van der Waals surface area (Å²) in [6.07, 6.45) is -0.551. The number of hydrogen-bond donors (Lipinski definition) is 2. The van der Waals surface area contributed by atoms with Crippen LogP contribution in [-0.4, -0.2) is 60.1 Å². The van der Waals surface area contributed by atoms with E-state index in [1.54, 1.807) is 34.6 Å². The van der Waals surface area contributed by atoms with Gasteiger partial charge in [0.15, 0.2) is 0 Å². The Morgan fingerprint density at radius 2 is 1.54 bits per heavy atom. The lowest BCUT2D eigenvalue weighted by Gasteiger charge is -2.37. The molecule has 0 heterocycles. The molecule has 0 saturated heterocycles. The van der Waals surface area contributed by atoms with E-state index in [0.29, 0.717) is 5.56 Å². The minimum Gasteiger partial charge on any atom is -0.468 e. The Kier molecular flexibility index (Phi) is 11.1. The Labute approximate surface area is 231 Å². The zero-order chi connectivity index (χ0) is 29.3. The number of carbonyl (C=O) groups excluding carboxylic acids is 4. The van der Waals surface area contributed by atoms with Gasteiger partial charge < -0.3 is 25.0 Å². The van der Waals surface area contributed by atoms with E-state index < -0.39 is 47.6 Å². The van der Waals surface area contributed by atoms with Gasteiger partial charge in [0.2, 0.25) is 11.8 Å². The Bertz CT molecular complexity index is 1140. The highest BCUT2D eigenvalue weighted by atomic mass is 16.6. The second-order valence-corrected chi connectivity index (χ2v) is 10.8. The van der Waals surface area contributed by atoms with Crippen molar-refractivity contribution in [1.82, 2.24) is 15.5 Å². The first-order valence-corrected chi connectivity index (χ1v) is 13.0. The van der Waals surface area contributed by atoms with Gasteiger partial charge in [0.05, 0.1) is 7.11 Å². The van der Waals surface area contributed by atoms with E-state index in [-0.39, 0.29) is 13.0 Å². The molecule has 3 amide bonds. The Hall–Kier alpha value is -3.88. The first-order chi connectivity index (χ1) is 18.2. The van der Waals surface area contributed by atoms with E-state index in [1.807, 2.05) is 62.4 Å². The number of nitrogens with zero attached hydrogens (tertiary/aromatic N) is 1. The maximum absolute atomic E-state index is 14.3. The third-order valence-corrected chi connectivity index (χ3v) is 5.80. The van der Waals surface area contributed by atoms with Crippen molar-refractivity contribution in [3.63, 3.8) is 0 Å². The predicted octanol–water partition coefficient (Wildman–Crippen LogP) is 4.01. The van der Waals surface area contributed by atoms with Crippen LogP contribution in [0.2, 0.25) is 0 Å². The second-order valence-electron chi connectivity index (χ2n) is 10.8. The van der Waals surface area contributed by atoms with Crippen LogP contribution in [0.5, 0.6) is 0 Å². The fourth-order valence-electron chi connectivity index (χ4n) is 4.29. The van der Waals surface area contributed by atoms with Gasteiger partial charge in [-0.2, -0.15) is 0 Å². The van der Waals surface area contributed by atoms with Crippen LogP contribution in [-0.2, 0) is 30.3 Å². The summed E-state index contributed by atoms with van der Waals surface area (Å²) in [5.41, 5.74) is 2.48. The van der Waals surface area contributed by atoms with Crippen LogP contribution >= 0.6 is 0 Å². The first kappa shape index (κ1) is 31.3. The molecule has 9 heteroatoms. The molecule has 0 aliphatic carbocycles. The molecule has 2 unspecified atom stereocenters. The summed E-state index contributed by atoms with van der Waals surface area (Å²) in [5.74, 6) is -1.61. The lowest BCUT2D eigenvalue weighted by molar-refractivity contribution is -0.146. The van der Waals surface area contributed by atoms with Crippen molar-refractivity contribution < 1.29 is 28.7 Å². The molecule has 0 aromatic heterocycles. The van der Waals surface area contributed by atoms with Gasteiger partial charge in [-0.25, -0.2) is 4.79 Å². The summed E-state index contributed by atoms with van der Waals surface area (Å²) in [6.45, 7) is 12.3. The molecule has 0 bridgehead atoms. The van der Waals surface area contributed by atoms with Crippen molar-refractivity contribution in [1.29, 1.82) is 0 Å². The third-order valence-electron chi connectivity index (χ3n) is 5.80. The fraction of sp³-hybridized carbons (Fsp3) is 0.467. The van der Waals surface area contributed by atoms with Gasteiger partial charge in [0.25, 0.3) is 0 Å². The van der Waals surface area contributed by atoms with E-state index >= 15 is 0 Å².